The van der Waals surface area contributed by atoms with Crippen LogP contribution in [0.4, 0.5) is 5.69 Å². The summed E-state index contributed by atoms with van der Waals surface area (Å²) < 4.78 is 3.03. The van der Waals surface area contributed by atoms with E-state index in [0.717, 1.165) is 10.4 Å². The number of halogens is 1. The van der Waals surface area contributed by atoms with Crippen LogP contribution in [0.2, 0.25) is 5.02 Å². The van der Waals surface area contributed by atoms with Gasteiger partial charge in [0.15, 0.2) is 0 Å². The van der Waals surface area contributed by atoms with Gasteiger partial charge < -0.3 is 5.32 Å². The van der Waals surface area contributed by atoms with Crippen LogP contribution in [0.5, 0.6) is 0 Å². The van der Waals surface area contributed by atoms with Gasteiger partial charge in [-0.1, -0.05) is 29.8 Å². The normalized spacial score (nSPS) is 11.1. The van der Waals surface area contributed by atoms with Crippen molar-refractivity contribution in [2.45, 2.75) is 26.4 Å². The van der Waals surface area contributed by atoms with E-state index in [1.54, 1.807) is 34.9 Å². The van der Waals surface area contributed by atoms with E-state index in [1.807, 2.05) is 30.5 Å². The van der Waals surface area contributed by atoms with E-state index in [2.05, 4.69) is 5.32 Å². The number of para-hydroxylation sites is 1. The average Bonchev–Trinajstić information content (AvgIpc) is 3.40. The molecule has 3 heterocycles. The first kappa shape index (κ1) is 20.6. The second-order valence-electron chi connectivity index (χ2n) is 6.77. The Morgan fingerprint density at radius 3 is 2.63 bits per heavy atom. The molecule has 4 rings (SSSR count). The molecular weight excluding hydrogens is 442 g/mol. The second-order valence-corrected chi connectivity index (χ2v) is 9.13. The summed E-state index contributed by atoms with van der Waals surface area (Å²) in [6.07, 6.45) is 0.578. The maximum Gasteiger partial charge on any atom is 0.332 e. The van der Waals surface area contributed by atoms with Crippen LogP contribution >= 0.6 is 34.3 Å². The maximum atomic E-state index is 13.1. The molecule has 0 radical (unpaired) electrons. The minimum atomic E-state index is -0.492. The lowest BCUT2D eigenvalue weighted by Gasteiger charge is -2.14. The van der Waals surface area contributed by atoms with E-state index in [1.165, 1.54) is 20.5 Å². The van der Waals surface area contributed by atoms with Gasteiger partial charge in [0.2, 0.25) is 5.91 Å². The van der Waals surface area contributed by atoms with Crippen molar-refractivity contribution in [2.75, 3.05) is 5.32 Å². The lowest BCUT2D eigenvalue weighted by Crippen LogP contribution is -2.41. The van der Waals surface area contributed by atoms with Crippen molar-refractivity contribution < 1.29 is 4.79 Å². The molecule has 1 aromatic carbocycles. The molecule has 0 bridgehead atoms. The lowest BCUT2D eigenvalue weighted by atomic mass is 10.2. The van der Waals surface area contributed by atoms with Crippen LogP contribution in [-0.4, -0.2) is 15.0 Å². The van der Waals surface area contributed by atoms with Gasteiger partial charge in [-0.05, 0) is 47.9 Å². The largest absolute Gasteiger partial charge is 0.332 e. The summed E-state index contributed by atoms with van der Waals surface area (Å²) in [6.45, 7) is 1.89. The first-order valence-corrected chi connectivity index (χ1v) is 11.4. The third-order valence-corrected chi connectivity index (χ3v) is 6.93. The molecule has 0 aliphatic carbocycles. The van der Waals surface area contributed by atoms with E-state index >= 15 is 0 Å². The minimum absolute atomic E-state index is 0.212. The molecule has 0 saturated heterocycles. The molecule has 1 N–H and O–H groups in total. The Morgan fingerprint density at radius 2 is 1.90 bits per heavy atom. The highest BCUT2D eigenvalue weighted by atomic mass is 35.5. The van der Waals surface area contributed by atoms with E-state index in [0.29, 0.717) is 27.3 Å². The van der Waals surface area contributed by atoms with E-state index in [9.17, 15) is 14.4 Å². The van der Waals surface area contributed by atoms with Gasteiger partial charge in [-0.25, -0.2) is 4.79 Å². The van der Waals surface area contributed by atoms with Crippen molar-refractivity contribution in [3.05, 3.63) is 83.5 Å². The van der Waals surface area contributed by atoms with Crippen LogP contribution in [0.25, 0.3) is 10.2 Å². The molecule has 4 aromatic rings. The summed E-state index contributed by atoms with van der Waals surface area (Å²) in [7, 11) is 0. The van der Waals surface area contributed by atoms with Crippen molar-refractivity contribution in [1.82, 2.24) is 9.13 Å². The molecule has 0 atom stereocenters. The molecule has 0 saturated carbocycles. The highest BCUT2D eigenvalue weighted by Gasteiger charge is 2.17. The Kier molecular flexibility index (Phi) is 5.90. The molecule has 3 aromatic heterocycles. The van der Waals surface area contributed by atoms with E-state index in [4.69, 9.17) is 11.6 Å². The third-order valence-electron chi connectivity index (χ3n) is 4.79. The number of benzene rings is 1. The summed E-state index contributed by atoms with van der Waals surface area (Å²) in [4.78, 5) is 39.8. The molecule has 0 fully saturated rings. The Morgan fingerprint density at radius 1 is 1.07 bits per heavy atom. The fourth-order valence-corrected chi connectivity index (χ4v) is 5.08. The van der Waals surface area contributed by atoms with Gasteiger partial charge in [-0.15, -0.1) is 22.7 Å². The predicted octanol–water partition coefficient (Wildman–Crippen LogP) is 4.13. The number of fused-ring (bicyclic) bond motifs is 1. The molecule has 6 nitrogen and oxygen atoms in total. The standard InChI is InChI=1S/C21H18ClN3O3S2/c1-13-4-2-6-15(22)18(13)23-17(26)12-25-16-8-11-30-19(16)20(27)24(21(25)28)9-7-14-5-3-10-29-14/h2-6,8,10-11H,7,9,12H2,1H3,(H,23,26). The van der Waals surface area contributed by atoms with Crippen molar-refractivity contribution in [3.8, 4) is 0 Å². The summed E-state index contributed by atoms with van der Waals surface area (Å²) in [5, 5.41) is 6.92. The molecule has 0 unspecified atom stereocenters. The fourth-order valence-electron chi connectivity index (χ4n) is 3.27. The number of rotatable bonds is 6. The van der Waals surface area contributed by atoms with E-state index < -0.39 is 5.69 Å². The molecule has 154 valence electrons. The zero-order valence-corrected chi connectivity index (χ0v) is 18.4. The van der Waals surface area contributed by atoms with Crippen LogP contribution in [-0.2, 0) is 24.3 Å². The number of hydrogen-bond acceptors (Lipinski definition) is 5. The van der Waals surface area contributed by atoms with Gasteiger partial charge in [-0.3, -0.25) is 18.7 Å². The van der Waals surface area contributed by atoms with Crippen LogP contribution in [0, 0.1) is 6.92 Å². The van der Waals surface area contributed by atoms with Crippen LogP contribution in [0.1, 0.15) is 10.4 Å². The Bertz CT molecular complexity index is 1320. The first-order chi connectivity index (χ1) is 14.5. The van der Waals surface area contributed by atoms with Crippen molar-refractivity contribution in [1.29, 1.82) is 0 Å². The van der Waals surface area contributed by atoms with Crippen LogP contribution in [0.3, 0.4) is 0 Å². The van der Waals surface area contributed by atoms with Gasteiger partial charge in [0.1, 0.15) is 11.2 Å². The molecule has 9 heteroatoms. The van der Waals surface area contributed by atoms with Gasteiger partial charge in [0.05, 0.1) is 16.2 Å². The highest BCUT2D eigenvalue weighted by Crippen LogP contribution is 2.25. The average molecular weight is 460 g/mol. The van der Waals surface area contributed by atoms with Crippen molar-refractivity contribution in [2.24, 2.45) is 0 Å². The third kappa shape index (κ3) is 3.98. The number of nitrogens with one attached hydrogen (secondary N) is 1. The topological polar surface area (TPSA) is 73.1 Å². The summed E-state index contributed by atoms with van der Waals surface area (Å²) >= 11 is 9.04. The number of amides is 1. The number of carbonyl (C=O) groups excluding carboxylic acids is 1. The first-order valence-electron chi connectivity index (χ1n) is 9.24. The Hall–Kier alpha value is -2.68. The van der Waals surface area contributed by atoms with Crippen molar-refractivity contribution in [3.63, 3.8) is 0 Å². The molecule has 0 aliphatic rings. The zero-order valence-electron chi connectivity index (χ0n) is 16.1. The summed E-state index contributed by atoms with van der Waals surface area (Å²) in [5.41, 5.74) is 0.997. The zero-order chi connectivity index (χ0) is 21.3. The summed E-state index contributed by atoms with van der Waals surface area (Å²) in [5.74, 6) is -0.385. The summed E-state index contributed by atoms with van der Waals surface area (Å²) in [6, 6.07) is 10.9. The monoisotopic (exact) mass is 459 g/mol. The van der Waals surface area contributed by atoms with Crippen molar-refractivity contribution >= 4 is 56.1 Å². The van der Waals surface area contributed by atoms with Gasteiger partial charge in [0.25, 0.3) is 5.56 Å². The number of aromatic nitrogens is 2. The smallest absolute Gasteiger partial charge is 0.323 e. The second kappa shape index (κ2) is 8.59. The quantitative estimate of drug-likeness (QED) is 0.471. The molecule has 0 spiro atoms. The van der Waals surface area contributed by atoms with Crippen LogP contribution < -0.4 is 16.6 Å². The van der Waals surface area contributed by atoms with E-state index in [-0.39, 0.29) is 24.6 Å². The number of hydrogen-bond donors (Lipinski definition) is 1. The van der Waals surface area contributed by atoms with Gasteiger partial charge in [0, 0.05) is 11.4 Å². The SMILES string of the molecule is Cc1cccc(Cl)c1NC(=O)Cn1c(=O)n(CCc2cccs2)c(=O)c2sccc21. The number of nitrogens with zero attached hydrogens (tertiary/aromatic N) is 2. The maximum absolute atomic E-state index is 13.1. The Balaban J connectivity index is 1.68. The fraction of sp³-hybridized carbons (Fsp3) is 0.190. The number of aryl methyl sites for hydroxylation is 2. The number of anilines is 1. The number of carbonyl (C=O) groups is 1. The molecule has 1 amide bonds. The molecule has 30 heavy (non-hydrogen) atoms. The molecule has 0 aliphatic heterocycles. The van der Waals surface area contributed by atoms with Gasteiger partial charge in [-0.2, -0.15) is 0 Å². The minimum Gasteiger partial charge on any atom is -0.323 e. The van der Waals surface area contributed by atoms with Gasteiger partial charge >= 0.3 is 5.69 Å². The van der Waals surface area contributed by atoms with Crippen LogP contribution in [0.15, 0.2) is 56.7 Å². The Labute approximate surface area is 185 Å². The lowest BCUT2D eigenvalue weighted by molar-refractivity contribution is -0.116. The highest BCUT2D eigenvalue weighted by molar-refractivity contribution is 7.17. The predicted molar refractivity (Wildman–Crippen MR) is 123 cm³/mol. The molecular formula is C21H18ClN3O3S2. The number of thiophene rings is 2.